The molecule has 0 aromatic heterocycles. The molecule has 2 aromatic rings. The molecular formula is C18H18O4. The van der Waals surface area contributed by atoms with E-state index in [1.54, 1.807) is 0 Å². The third-order valence-electron chi connectivity index (χ3n) is 3.12. The van der Waals surface area contributed by atoms with Gasteiger partial charge in [-0.2, -0.15) is 0 Å². The number of hydrogen-bond acceptors (Lipinski definition) is 4. The molecule has 0 saturated heterocycles. The van der Waals surface area contributed by atoms with E-state index in [4.69, 9.17) is 9.47 Å². The Bertz CT molecular complexity index is 565. The number of rotatable bonds is 5. The first-order valence-electron chi connectivity index (χ1n) is 7.02. The van der Waals surface area contributed by atoms with E-state index >= 15 is 0 Å². The van der Waals surface area contributed by atoms with E-state index < -0.39 is 24.1 Å². The van der Waals surface area contributed by atoms with Gasteiger partial charge in [-0.15, -0.1) is 0 Å². The molecule has 0 fully saturated rings. The second-order valence-corrected chi connectivity index (χ2v) is 4.88. The zero-order valence-electron chi connectivity index (χ0n) is 12.6. The summed E-state index contributed by atoms with van der Waals surface area (Å²) in [4.78, 5) is 23.0. The third-order valence-corrected chi connectivity index (χ3v) is 3.12. The Morgan fingerprint density at radius 1 is 0.682 bits per heavy atom. The number of hydrogen-bond donors (Lipinski definition) is 0. The summed E-state index contributed by atoms with van der Waals surface area (Å²) < 4.78 is 10.9. The largest absolute Gasteiger partial charge is 0.453 e. The van der Waals surface area contributed by atoms with E-state index in [-0.39, 0.29) is 0 Å². The molecule has 0 amide bonds. The highest BCUT2D eigenvalue weighted by Crippen LogP contribution is 2.35. The highest BCUT2D eigenvalue weighted by Gasteiger charge is 2.30. The van der Waals surface area contributed by atoms with Gasteiger partial charge in [0.15, 0.2) is 12.2 Å². The first kappa shape index (κ1) is 15.8. The zero-order chi connectivity index (χ0) is 15.9. The Morgan fingerprint density at radius 2 is 1.00 bits per heavy atom. The lowest BCUT2D eigenvalue weighted by Gasteiger charge is -2.27. The van der Waals surface area contributed by atoms with Crippen molar-refractivity contribution in [3.63, 3.8) is 0 Å². The second kappa shape index (κ2) is 7.41. The molecule has 0 aliphatic rings. The molecule has 0 saturated carbocycles. The van der Waals surface area contributed by atoms with Crippen molar-refractivity contribution in [3.05, 3.63) is 71.8 Å². The van der Waals surface area contributed by atoms with Gasteiger partial charge in [0.1, 0.15) is 0 Å². The van der Waals surface area contributed by atoms with Gasteiger partial charge < -0.3 is 9.47 Å². The minimum atomic E-state index is -0.690. The minimum Gasteiger partial charge on any atom is -0.453 e. The summed E-state index contributed by atoms with van der Waals surface area (Å²) >= 11 is 0. The number of carbonyl (C=O) groups is 2. The van der Waals surface area contributed by atoms with Gasteiger partial charge in [-0.05, 0) is 11.1 Å². The number of ether oxygens (including phenoxy) is 2. The standard InChI is InChI=1S/C18H18O4/c1-13(19)21-17(15-9-5-3-6-10-15)18(22-14(2)20)16-11-7-4-8-12-16/h3-12,17-18H,1-2H3/t17-,18-/m1/s1. The molecular weight excluding hydrogens is 280 g/mol. The van der Waals surface area contributed by atoms with Crippen molar-refractivity contribution in [1.29, 1.82) is 0 Å². The van der Waals surface area contributed by atoms with Crippen LogP contribution in [-0.2, 0) is 19.1 Å². The minimum absolute atomic E-state index is 0.429. The van der Waals surface area contributed by atoms with Gasteiger partial charge >= 0.3 is 11.9 Å². The van der Waals surface area contributed by atoms with Crippen LogP contribution in [0.3, 0.4) is 0 Å². The van der Waals surface area contributed by atoms with Gasteiger partial charge in [-0.25, -0.2) is 0 Å². The van der Waals surface area contributed by atoms with E-state index in [1.165, 1.54) is 13.8 Å². The van der Waals surface area contributed by atoms with E-state index in [9.17, 15) is 9.59 Å². The molecule has 2 rings (SSSR count). The number of benzene rings is 2. The number of carbonyl (C=O) groups excluding carboxylic acids is 2. The highest BCUT2D eigenvalue weighted by molar-refractivity contribution is 5.67. The van der Waals surface area contributed by atoms with Crippen LogP contribution in [0, 0.1) is 0 Å². The zero-order valence-corrected chi connectivity index (χ0v) is 12.6. The van der Waals surface area contributed by atoms with Crippen molar-refractivity contribution < 1.29 is 19.1 Å². The molecule has 2 atom stereocenters. The van der Waals surface area contributed by atoms with Crippen LogP contribution in [0.25, 0.3) is 0 Å². The molecule has 0 spiro atoms. The summed E-state index contributed by atoms with van der Waals surface area (Å²) in [6, 6.07) is 18.5. The van der Waals surface area contributed by atoms with Crippen LogP contribution in [0.2, 0.25) is 0 Å². The maximum atomic E-state index is 11.5. The van der Waals surface area contributed by atoms with Crippen LogP contribution >= 0.6 is 0 Å². The molecule has 22 heavy (non-hydrogen) atoms. The van der Waals surface area contributed by atoms with Gasteiger partial charge in [-0.3, -0.25) is 9.59 Å². The average molecular weight is 298 g/mol. The molecule has 2 aromatic carbocycles. The summed E-state index contributed by atoms with van der Waals surface area (Å²) in [6.07, 6.45) is -1.38. The van der Waals surface area contributed by atoms with Crippen LogP contribution in [-0.4, -0.2) is 11.9 Å². The van der Waals surface area contributed by atoms with Gasteiger partial charge in [0.2, 0.25) is 0 Å². The Balaban J connectivity index is 2.43. The normalized spacial score (nSPS) is 13.0. The quantitative estimate of drug-likeness (QED) is 0.791. The number of esters is 2. The Kier molecular flexibility index (Phi) is 5.31. The first-order chi connectivity index (χ1) is 10.6. The summed E-state index contributed by atoms with van der Waals surface area (Å²) in [5, 5.41) is 0. The van der Waals surface area contributed by atoms with Crippen molar-refractivity contribution in [3.8, 4) is 0 Å². The molecule has 4 heteroatoms. The molecule has 0 bridgehead atoms. The lowest BCUT2D eigenvalue weighted by atomic mass is 9.98. The van der Waals surface area contributed by atoms with E-state index in [1.807, 2.05) is 60.7 Å². The fraction of sp³-hybridized carbons (Fsp3) is 0.222. The van der Waals surface area contributed by atoms with Crippen LogP contribution in [0.5, 0.6) is 0 Å². The molecule has 0 heterocycles. The summed E-state index contributed by atoms with van der Waals surface area (Å²) in [6.45, 7) is 2.68. The monoisotopic (exact) mass is 298 g/mol. The van der Waals surface area contributed by atoms with Gasteiger partial charge in [0.05, 0.1) is 0 Å². The predicted octanol–water partition coefficient (Wildman–Crippen LogP) is 3.60. The van der Waals surface area contributed by atoms with Crippen molar-refractivity contribution >= 4 is 11.9 Å². The van der Waals surface area contributed by atoms with Gasteiger partial charge in [0.25, 0.3) is 0 Å². The maximum Gasteiger partial charge on any atom is 0.303 e. The van der Waals surface area contributed by atoms with Crippen LogP contribution in [0.1, 0.15) is 37.2 Å². The Hall–Kier alpha value is -2.62. The van der Waals surface area contributed by atoms with E-state index in [2.05, 4.69) is 0 Å². The fourth-order valence-electron chi connectivity index (χ4n) is 2.25. The molecule has 0 aliphatic heterocycles. The lowest BCUT2D eigenvalue weighted by Crippen LogP contribution is -2.21. The fourth-order valence-corrected chi connectivity index (χ4v) is 2.25. The second-order valence-electron chi connectivity index (χ2n) is 4.88. The van der Waals surface area contributed by atoms with Gasteiger partial charge in [-0.1, -0.05) is 60.7 Å². The molecule has 0 aliphatic carbocycles. The van der Waals surface area contributed by atoms with Crippen LogP contribution < -0.4 is 0 Å². The first-order valence-corrected chi connectivity index (χ1v) is 7.02. The average Bonchev–Trinajstić information content (AvgIpc) is 2.52. The Morgan fingerprint density at radius 3 is 1.27 bits per heavy atom. The summed E-state index contributed by atoms with van der Waals surface area (Å²) in [5.41, 5.74) is 1.54. The molecule has 4 nitrogen and oxygen atoms in total. The van der Waals surface area contributed by atoms with E-state index in [0.717, 1.165) is 11.1 Å². The molecule has 0 radical (unpaired) electrons. The predicted molar refractivity (Wildman–Crippen MR) is 81.9 cm³/mol. The Labute approximate surface area is 129 Å². The SMILES string of the molecule is CC(=O)O[C@H](c1ccccc1)[C@H](OC(C)=O)c1ccccc1. The molecule has 0 N–H and O–H groups in total. The lowest BCUT2D eigenvalue weighted by molar-refractivity contribution is -0.166. The highest BCUT2D eigenvalue weighted by atomic mass is 16.6. The maximum absolute atomic E-state index is 11.5. The van der Waals surface area contributed by atoms with Crippen LogP contribution in [0.4, 0.5) is 0 Å². The van der Waals surface area contributed by atoms with Crippen molar-refractivity contribution in [2.75, 3.05) is 0 Å². The molecule has 0 unspecified atom stereocenters. The van der Waals surface area contributed by atoms with Crippen molar-refractivity contribution in [2.24, 2.45) is 0 Å². The molecule has 114 valence electrons. The topological polar surface area (TPSA) is 52.6 Å². The smallest absolute Gasteiger partial charge is 0.303 e. The van der Waals surface area contributed by atoms with Crippen molar-refractivity contribution in [1.82, 2.24) is 0 Å². The third kappa shape index (κ3) is 4.19. The van der Waals surface area contributed by atoms with E-state index in [0.29, 0.717) is 0 Å². The van der Waals surface area contributed by atoms with Crippen LogP contribution in [0.15, 0.2) is 60.7 Å². The van der Waals surface area contributed by atoms with Crippen molar-refractivity contribution in [2.45, 2.75) is 26.1 Å². The van der Waals surface area contributed by atoms with Gasteiger partial charge in [0, 0.05) is 13.8 Å². The summed E-state index contributed by atoms with van der Waals surface area (Å²) in [7, 11) is 0. The summed E-state index contributed by atoms with van der Waals surface area (Å²) in [5.74, 6) is -0.858.